The van der Waals surface area contributed by atoms with E-state index in [4.69, 9.17) is 4.42 Å². The van der Waals surface area contributed by atoms with E-state index in [2.05, 4.69) is 26.6 Å². The smallest absolute Gasteiger partial charge is 0.309 e. The van der Waals surface area contributed by atoms with Crippen molar-refractivity contribution < 1.29 is 9.21 Å². The van der Waals surface area contributed by atoms with E-state index < -0.39 is 0 Å². The molecule has 0 saturated heterocycles. The Morgan fingerprint density at radius 1 is 1.30 bits per heavy atom. The molecule has 20 heavy (non-hydrogen) atoms. The molecule has 1 amide bonds. The van der Waals surface area contributed by atoms with Gasteiger partial charge >= 0.3 is 11.8 Å². The quantitative estimate of drug-likeness (QED) is 0.763. The van der Waals surface area contributed by atoms with Crippen LogP contribution in [0, 0.1) is 13.8 Å². The molecule has 6 heteroatoms. The zero-order valence-corrected chi connectivity index (χ0v) is 11.2. The first-order valence-electron chi connectivity index (χ1n) is 6.28. The van der Waals surface area contributed by atoms with Crippen molar-refractivity contribution in [1.82, 2.24) is 20.5 Å². The number of H-pyrrole nitrogens is 1. The molecule has 0 aliphatic carbocycles. The first-order chi connectivity index (χ1) is 9.61. The lowest BCUT2D eigenvalue weighted by Crippen LogP contribution is -2.23. The van der Waals surface area contributed by atoms with E-state index in [1.54, 1.807) is 6.92 Å². The maximum atomic E-state index is 11.8. The van der Waals surface area contributed by atoms with Crippen LogP contribution in [0.5, 0.6) is 0 Å². The van der Waals surface area contributed by atoms with Crippen LogP contribution in [0.4, 0.5) is 0 Å². The monoisotopic (exact) mass is 270 g/mol. The topological polar surface area (TPSA) is 83.8 Å². The number of benzene rings is 1. The summed E-state index contributed by atoms with van der Waals surface area (Å²) in [6.07, 6.45) is 0. The normalized spacial score (nSPS) is 10.9. The molecule has 0 radical (unpaired) electrons. The molecule has 102 valence electrons. The number of aryl methyl sites for hydroxylation is 2. The second-order valence-corrected chi connectivity index (χ2v) is 4.68. The predicted octanol–water partition coefficient (Wildman–Crippen LogP) is 2.10. The third kappa shape index (κ3) is 2.40. The number of nitrogens with zero attached hydrogens (tertiary/aromatic N) is 2. The lowest BCUT2D eigenvalue weighted by Gasteiger charge is -2.02. The van der Waals surface area contributed by atoms with Crippen molar-refractivity contribution >= 4 is 16.8 Å². The molecule has 0 spiro atoms. The Hall–Kier alpha value is -2.63. The van der Waals surface area contributed by atoms with E-state index in [-0.39, 0.29) is 11.8 Å². The van der Waals surface area contributed by atoms with Crippen molar-refractivity contribution in [2.45, 2.75) is 20.4 Å². The predicted molar refractivity (Wildman–Crippen MR) is 73.2 cm³/mol. The zero-order valence-electron chi connectivity index (χ0n) is 11.2. The lowest BCUT2D eigenvalue weighted by molar-refractivity contribution is 0.0915. The molecule has 0 fully saturated rings. The van der Waals surface area contributed by atoms with Gasteiger partial charge in [0.2, 0.25) is 5.89 Å². The van der Waals surface area contributed by atoms with Crippen LogP contribution in [0.3, 0.4) is 0 Å². The molecule has 2 N–H and O–H groups in total. The molecule has 3 rings (SSSR count). The van der Waals surface area contributed by atoms with E-state index in [0.717, 1.165) is 22.2 Å². The molecule has 1 aromatic carbocycles. The van der Waals surface area contributed by atoms with Crippen LogP contribution in [0.1, 0.15) is 27.8 Å². The van der Waals surface area contributed by atoms with Crippen LogP contribution in [-0.4, -0.2) is 21.1 Å². The van der Waals surface area contributed by atoms with Crippen molar-refractivity contribution in [1.29, 1.82) is 0 Å². The number of carbonyl (C=O) groups is 1. The van der Waals surface area contributed by atoms with Crippen molar-refractivity contribution in [3.8, 4) is 0 Å². The highest BCUT2D eigenvalue weighted by molar-refractivity contribution is 5.89. The summed E-state index contributed by atoms with van der Waals surface area (Å²) in [6, 6.07) is 8.08. The van der Waals surface area contributed by atoms with E-state index >= 15 is 0 Å². The van der Waals surface area contributed by atoms with Gasteiger partial charge in [-0.25, -0.2) is 0 Å². The van der Waals surface area contributed by atoms with Crippen molar-refractivity contribution in [3.05, 3.63) is 47.3 Å². The largest absolute Gasteiger partial charge is 0.417 e. The number of fused-ring (bicyclic) bond motifs is 1. The summed E-state index contributed by atoms with van der Waals surface area (Å²) in [6.45, 7) is 4.08. The molecule has 2 heterocycles. The fourth-order valence-electron chi connectivity index (χ4n) is 2.08. The Morgan fingerprint density at radius 2 is 2.15 bits per heavy atom. The van der Waals surface area contributed by atoms with Crippen molar-refractivity contribution in [3.63, 3.8) is 0 Å². The molecule has 0 atom stereocenters. The Balaban J connectivity index is 1.71. The molecule has 6 nitrogen and oxygen atoms in total. The first kappa shape index (κ1) is 12.4. The van der Waals surface area contributed by atoms with Gasteiger partial charge in [0.15, 0.2) is 0 Å². The summed E-state index contributed by atoms with van der Waals surface area (Å²) in [4.78, 5) is 15.0. The summed E-state index contributed by atoms with van der Waals surface area (Å²) in [5, 5.41) is 11.2. The van der Waals surface area contributed by atoms with Gasteiger partial charge in [-0.3, -0.25) is 4.79 Å². The standard InChI is InChI=1S/C14H14N4O2/c1-8-5-11-6-10(3-4-12(11)16-8)7-15-13(19)14-18-17-9(2)20-14/h3-6,16H,7H2,1-2H3,(H,15,19). The molecule has 3 aromatic rings. The van der Waals surface area contributed by atoms with Crippen LogP contribution in [0.2, 0.25) is 0 Å². The number of rotatable bonds is 3. The Labute approximate surface area is 115 Å². The van der Waals surface area contributed by atoms with Gasteiger partial charge in [-0.05, 0) is 36.1 Å². The molecule has 0 saturated carbocycles. The number of hydrogen-bond acceptors (Lipinski definition) is 4. The van der Waals surface area contributed by atoms with Crippen LogP contribution in [0.15, 0.2) is 28.7 Å². The average Bonchev–Trinajstić information content (AvgIpc) is 3.00. The minimum absolute atomic E-state index is 0.0129. The molecule has 0 bridgehead atoms. The Kier molecular flexibility index (Phi) is 2.98. The zero-order chi connectivity index (χ0) is 14.1. The van der Waals surface area contributed by atoms with Crippen LogP contribution < -0.4 is 5.32 Å². The fourth-order valence-corrected chi connectivity index (χ4v) is 2.08. The molecule has 2 aromatic heterocycles. The maximum absolute atomic E-state index is 11.8. The first-order valence-corrected chi connectivity index (χ1v) is 6.28. The van der Waals surface area contributed by atoms with Crippen LogP contribution >= 0.6 is 0 Å². The van der Waals surface area contributed by atoms with Gasteiger partial charge < -0.3 is 14.7 Å². The van der Waals surface area contributed by atoms with Gasteiger partial charge in [0.25, 0.3) is 0 Å². The molecule has 0 aliphatic heterocycles. The van der Waals surface area contributed by atoms with Crippen molar-refractivity contribution in [2.75, 3.05) is 0 Å². The van der Waals surface area contributed by atoms with E-state index in [1.807, 2.05) is 25.1 Å². The summed E-state index contributed by atoms with van der Waals surface area (Å²) in [7, 11) is 0. The number of hydrogen-bond donors (Lipinski definition) is 2. The highest BCUT2D eigenvalue weighted by Gasteiger charge is 2.12. The fraction of sp³-hybridized carbons (Fsp3) is 0.214. The van der Waals surface area contributed by atoms with Crippen LogP contribution in [-0.2, 0) is 6.54 Å². The molecule has 0 aliphatic rings. The minimum Gasteiger partial charge on any atom is -0.417 e. The number of nitrogens with one attached hydrogen (secondary N) is 2. The molecule has 0 unspecified atom stereocenters. The Bertz CT molecular complexity index is 772. The SMILES string of the molecule is Cc1cc2cc(CNC(=O)c3nnc(C)o3)ccc2[nH]1. The number of carbonyl (C=O) groups excluding carboxylic acids is 1. The summed E-state index contributed by atoms with van der Waals surface area (Å²) in [5.74, 6) is -0.00335. The average molecular weight is 270 g/mol. The highest BCUT2D eigenvalue weighted by Crippen LogP contribution is 2.16. The molecular formula is C14H14N4O2. The van der Waals surface area contributed by atoms with Gasteiger partial charge in [-0.1, -0.05) is 6.07 Å². The van der Waals surface area contributed by atoms with E-state index in [0.29, 0.717) is 12.4 Å². The minimum atomic E-state index is -0.365. The van der Waals surface area contributed by atoms with E-state index in [1.165, 1.54) is 0 Å². The lowest BCUT2D eigenvalue weighted by atomic mass is 10.1. The van der Waals surface area contributed by atoms with E-state index in [9.17, 15) is 4.79 Å². The summed E-state index contributed by atoms with van der Waals surface area (Å²) < 4.78 is 5.07. The van der Waals surface area contributed by atoms with Gasteiger partial charge in [0.05, 0.1) is 0 Å². The maximum Gasteiger partial charge on any atom is 0.309 e. The number of aromatic nitrogens is 3. The third-order valence-electron chi connectivity index (χ3n) is 2.99. The van der Waals surface area contributed by atoms with Crippen LogP contribution in [0.25, 0.3) is 10.9 Å². The van der Waals surface area contributed by atoms with Crippen molar-refractivity contribution in [2.24, 2.45) is 0 Å². The van der Waals surface area contributed by atoms with Gasteiger partial charge in [0.1, 0.15) is 0 Å². The number of aromatic amines is 1. The third-order valence-corrected chi connectivity index (χ3v) is 2.99. The van der Waals surface area contributed by atoms with Gasteiger partial charge in [-0.2, -0.15) is 0 Å². The summed E-state index contributed by atoms with van der Waals surface area (Å²) in [5.41, 5.74) is 3.22. The Morgan fingerprint density at radius 3 is 2.90 bits per heavy atom. The van der Waals surface area contributed by atoms with Gasteiger partial charge in [-0.15, -0.1) is 10.2 Å². The second kappa shape index (κ2) is 4.80. The highest BCUT2D eigenvalue weighted by atomic mass is 16.4. The second-order valence-electron chi connectivity index (χ2n) is 4.68. The summed E-state index contributed by atoms with van der Waals surface area (Å²) >= 11 is 0. The van der Waals surface area contributed by atoms with Gasteiger partial charge in [0, 0.05) is 24.7 Å². The molecular weight excluding hydrogens is 256 g/mol. The number of amides is 1.